The van der Waals surface area contributed by atoms with E-state index >= 15 is 0 Å². The Kier molecular flexibility index (Phi) is 4.32. The maximum Gasteiger partial charge on any atom is 0.264 e. The summed E-state index contributed by atoms with van der Waals surface area (Å²) in [5, 5.41) is 2.99. The van der Waals surface area contributed by atoms with Gasteiger partial charge in [0.15, 0.2) is 5.82 Å². The van der Waals surface area contributed by atoms with Crippen LogP contribution in [-0.4, -0.2) is 15.0 Å². The lowest BCUT2D eigenvalue weighted by Gasteiger charge is -2.19. The number of aromatic nitrogens is 3. The molecule has 0 aromatic carbocycles. The van der Waals surface area contributed by atoms with Crippen LogP contribution in [0, 0.1) is 3.57 Å². The molecule has 0 aliphatic rings. The lowest BCUT2D eigenvalue weighted by Crippen LogP contribution is -2.24. The number of H-pyrrole nitrogens is 1. The van der Waals surface area contributed by atoms with E-state index in [-0.39, 0.29) is 16.4 Å². The second kappa shape index (κ2) is 5.46. The van der Waals surface area contributed by atoms with Crippen LogP contribution in [0.1, 0.15) is 52.2 Å². The molecule has 0 saturated carbocycles. The van der Waals surface area contributed by atoms with E-state index in [1.54, 1.807) is 11.3 Å². The van der Waals surface area contributed by atoms with E-state index in [1.165, 1.54) is 0 Å². The molecule has 0 aliphatic carbocycles. The maximum absolute atomic E-state index is 12.2. The van der Waals surface area contributed by atoms with Crippen molar-refractivity contribution in [2.45, 2.75) is 52.4 Å². The molecule has 0 saturated heterocycles. The Hall–Kier alpha value is -0.760. The fourth-order valence-electron chi connectivity index (χ4n) is 1.80. The number of nitrogens with zero attached hydrogens (tertiary/aromatic N) is 2. The number of halogens is 1. The highest BCUT2D eigenvalue weighted by Crippen LogP contribution is 2.30. The highest BCUT2D eigenvalue weighted by Gasteiger charge is 2.24. The highest BCUT2D eigenvalue weighted by molar-refractivity contribution is 14.1. The molecule has 0 aliphatic heterocycles. The van der Waals surface area contributed by atoms with Gasteiger partial charge in [0.2, 0.25) is 0 Å². The van der Waals surface area contributed by atoms with Crippen LogP contribution in [-0.2, 0) is 10.8 Å². The smallest absolute Gasteiger partial charge is 0.264 e. The predicted octanol–water partition coefficient (Wildman–Crippen LogP) is 4.09. The summed E-state index contributed by atoms with van der Waals surface area (Å²) in [4.78, 5) is 24.3. The van der Waals surface area contributed by atoms with E-state index in [0.29, 0.717) is 9.39 Å². The van der Waals surface area contributed by atoms with Crippen molar-refractivity contribution in [3.8, 4) is 11.5 Å². The molecule has 0 fully saturated rings. The minimum Gasteiger partial charge on any atom is -0.304 e. The van der Waals surface area contributed by atoms with Crippen LogP contribution in [0.4, 0.5) is 0 Å². The molecular formula is C15H20IN3OS. The van der Waals surface area contributed by atoms with E-state index in [0.717, 1.165) is 16.4 Å². The van der Waals surface area contributed by atoms with E-state index in [9.17, 15) is 4.79 Å². The first-order chi connectivity index (χ1) is 9.50. The summed E-state index contributed by atoms with van der Waals surface area (Å²) >= 11 is 3.66. The molecule has 0 atom stereocenters. The van der Waals surface area contributed by atoms with E-state index in [4.69, 9.17) is 0 Å². The minimum absolute atomic E-state index is 0.000722. The van der Waals surface area contributed by atoms with Gasteiger partial charge in [-0.3, -0.25) is 4.79 Å². The Bertz CT molecular complexity index is 720. The zero-order valence-electron chi connectivity index (χ0n) is 13.2. The molecule has 21 heavy (non-hydrogen) atoms. The van der Waals surface area contributed by atoms with Crippen LogP contribution in [0.2, 0.25) is 0 Å². The van der Waals surface area contributed by atoms with Crippen molar-refractivity contribution in [3.63, 3.8) is 0 Å². The van der Waals surface area contributed by atoms with Gasteiger partial charge < -0.3 is 4.98 Å². The molecule has 2 aromatic rings. The first-order valence-electron chi connectivity index (χ1n) is 6.77. The van der Waals surface area contributed by atoms with E-state index in [2.05, 4.69) is 79.1 Å². The summed E-state index contributed by atoms with van der Waals surface area (Å²) in [5.41, 5.74) is 1.27. The number of aromatic amines is 1. The van der Waals surface area contributed by atoms with Crippen LogP contribution in [0.3, 0.4) is 0 Å². The van der Waals surface area contributed by atoms with Crippen molar-refractivity contribution in [1.82, 2.24) is 15.0 Å². The van der Waals surface area contributed by atoms with Crippen LogP contribution < -0.4 is 5.56 Å². The molecule has 114 valence electrons. The van der Waals surface area contributed by atoms with Crippen LogP contribution >= 0.6 is 33.9 Å². The lowest BCUT2D eigenvalue weighted by atomic mass is 9.92. The van der Waals surface area contributed by atoms with Gasteiger partial charge >= 0.3 is 0 Å². The summed E-state index contributed by atoms with van der Waals surface area (Å²) in [7, 11) is 0. The summed E-state index contributed by atoms with van der Waals surface area (Å²) in [6.45, 7) is 12.5. The van der Waals surface area contributed by atoms with Gasteiger partial charge in [0.25, 0.3) is 5.56 Å². The fraction of sp³-hybridized carbons (Fsp3) is 0.533. The van der Waals surface area contributed by atoms with Gasteiger partial charge in [-0.15, -0.1) is 11.3 Å². The molecule has 2 aromatic heterocycles. The molecule has 0 amide bonds. The Labute approximate surface area is 142 Å². The lowest BCUT2D eigenvalue weighted by molar-refractivity contribution is 0.561. The Balaban J connectivity index is 2.58. The third-order valence-electron chi connectivity index (χ3n) is 2.96. The summed E-state index contributed by atoms with van der Waals surface area (Å²) in [6.07, 6.45) is 0. The Morgan fingerprint density at radius 2 is 1.71 bits per heavy atom. The van der Waals surface area contributed by atoms with Crippen molar-refractivity contribution in [1.29, 1.82) is 0 Å². The van der Waals surface area contributed by atoms with Crippen LogP contribution in [0.5, 0.6) is 0 Å². The molecule has 0 radical (unpaired) electrons. The summed E-state index contributed by atoms with van der Waals surface area (Å²) in [6, 6.07) is 0. The topological polar surface area (TPSA) is 58.6 Å². The minimum atomic E-state index is -0.178. The third-order valence-corrected chi connectivity index (χ3v) is 5.23. The maximum atomic E-state index is 12.2. The number of nitrogens with one attached hydrogen (secondary N) is 1. The Morgan fingerprint density at radius 1 is 1.10 bits per heavy atom. The number of thiazole rings is 1. The SMILES string of the molecule is CC(C)(C)c1nc(-c2nc(C(C)(C)C)c(I)c(=O)[nH]2)cs1. The highest BCUT2D eigenvalue weighted by atomic mass is 127. The molecule has 4 nitrogen and oxygen atoms in total. The summed E-state index contributed by atoms with van der Waals surface area (Å²) in [5.74, 6) is 0.553. The van der Waals surface area contributed by atoms with Gasteiger partial charge in [0.05, 0.1) is 10.7 Å². The predicted molar refractivity (Wildman–Crippen MR) is 96.1 cm³/mol. The zero-order chi connectivity index (χ0) is 16.0. The second-order valence-electron chi connectivity index (χ2n) is 7.12. The molecule has 0 unspecified atom stereocenters. The average Bonchev–Trinajstić information content (AvgIpc) is 2.80. The Morgan fingerprint density at radius 3 is 2.19 bits per heavy atom. The third kappa shape index (κ3) is 3.53. The monoisotopic (exact) mass is 417 g/mol. The van der Waals surface area contributed by atoms with Crippen molar-refractivity contribution in [2.75, 3.05) is 0 Å². The van der Waals surface area contributed by atoms with Crippen LogP contribution in [0.15, 0.2) is 10.2 Å². The first kappa shape index (κ1) is 16.6. The second-order valence-corrected chi connectivity index (χ2v) is 9.05. The zero-order valence-corrected chi connectivity index (χ0v) is 16.1. The number of rotatable bonds is 1. The largest absolute Gasteiger partial charge is 0.304 e. The molecular weight excluding hydrogens is 397 g/mol. The average molecular weight is 417 g/mol. The van der Waals surface area contributed by atoms with Gasteiger partial charge in [-0.05, 0) is 22.6 Å². The normalized spacial score (nSPS) is 12.7. The van der Waals surface area contributed by atoms with Gasteiger partial charge in [-0.2, -0.15) is 0 Å². The van der Waals surface area contributed by atoms with Gasteiger partial charge in [0, 0.05) is 16.2 Å². The van der Waals surface area contributed by atoms with Crippen molar-refractivity contribution < 1.29 is 0 Å². The van der Waals surface area contributed by atoms with Crippen LogP contribution in [0.25, 0.3) is 11.5 Å². The molecule has 0 bridgehead atoms. The number of hydrogen-bond donors (Lipinski definition) is 1. The molecule has 2 rings (SSSR count). The standard InChI is InChI=1S/C15H20IN3OS/c1-14(2,3)10-9(16)12(20)19-11(18-10)8-7-21-13(17-8)15(4,5)6/h7H,1-6H3,(H,18,19,20). The summed E-state index contributed by atoms with van der Waals surface area (Å²) < 4.78 is 0.648. The van der Waals surface area contributed by atoms with Crippen molar-refractivity contribution in [2.24, 2.45) is 0 Å². The molecule has 1 N–H and O–H groups in total. The van der Waals surface area contributed by atoms with Gasteiger partial charge in [-0.25, -0.2) is 9.97 Å². The quantitative estimate of drug-likeness (QED) is 0.711. The van der Waals surface area contributed by atoms with Crippen molar-refractivity contribution in [3.05, 3.63) is 30.0 Å². The van der Waals surface area contributed by atoms with Gasteiger partial charge in [-0.1, -0.05) is 41.5 Å². The fourth-order valence-corrected chi connectivity index (χ4v) is 3.76. The molecule has 0 spiro atoms. The van der Waals surface area contributed by atoms with Crippen molar-refractivity contribution >= 4 is 33.9 Å². The van der Waals surface area contributed by atoms with E-state index in [1.807, 2.05) is 5.38 Å². The molecule has 6 heteroatoms. The van der Waals surface area contributed by atoms with Gasteiger partial charge in [0.1, 0.15) is 9.26 Å². The number of hydrogen-bond acceptors (Lipinski definition) is 4. The van der Waals surface area contributed by atoms with E-state index < -0.39 is 0 Å². The molecule has 2 heterocycles. The first-order valence-corrected chi connectivity index (χ1v) is 8.72.